The Morgan fingerprint density at radius 3 is 2.53 bits per heavy atom. The molecular weight excluding hydrogens is 224 g/mol. The molecule has 1 aromatic rings. The Kier molecular flexibility index (Phi) is 5.80. The van der Waals surface area contributed by atoms with E-state index in [4.69, 9.17) is 10.5 Å². The zero-order valence-electron chi connectivity index (χ0n) is 9.88. The number of hydrogen-bond donors (Lipinski definition) is 1. The maximum Gasteiger partial charge on any atom is 0.133 e. The van der Waals surface area contributed by atoms with Gasteiger partial charge in [-0.15, -0.1) is 0 Å². The average Bonchev–Trinajstić information content (AvgIpc) is 2.31. The molecule has 94 valence electrons. The second-order valence-electron chi connectivity index (χ2n) is 3.76. The van der Waals surface area contributed by atoms with Crippen molar-refractivity contribution in [1.82, 2.24) is 0 Å². The lowest BCUT2D eigenvalue weighted by Gasteiger charge is -2.07. The van der Waals surface area contributed by atoms with E-state index in [2.05, 4.69) is 0 Å². The van der Waals surface area contributed by atoms with Crippen LogP contribution in [0.15, 0.2) is 23.8 Å². The molecule has 0 unspecified atom stereocenters. The second kappa shape index (κ2) is 7.14. The van der Waals surface area contributed by atoms with Crippen molar-refractivity contribution in [2.75, 3.05) is 20.3 Å². The topological polar surface area (TPSA) is 35.2 Å². The van der Waals surface area contributed by atoms with Crippen LogP contribution in [0.2, 0.25) is 0 Å². The summed E-state index contributed by atoms with van der Waals surface area (Å²) in [6, 6.07) is 3.82. The van der Waals surface area contributed by atoms with Gasteiger partial charge in [0, 0.05) is 12.7 Å². The highest BCUT2D eigenvalue weighted by Gasteiger charge is 2.07. The molecule has 0 aliphatic carbocycles. The van der Waals surface area contributed by atoms with Crippen LogP contribution in [0.25, 0.3) is 6.08 Å². The molecule has 0 atom stereocenters. The van der Waals surface area contributed by atoms with Crippen LogP contribution in [0, 0.1) is 11.6 Å². The van der Waals surface area contributed by atoms with Gasteiger partial charge < -0.3 is 10.5 Å². The number of rotatable bonds is 6. The summed E-state index contributed by atoms with van der Waals surface area (Å²) in [6.45, 7) is 0.897. The van der Waals surface area contributed by atoms with E-state index in [9.17, 15) is 8.78 Å². The summed E-state index contributed by atoms with van der Waals surface area (Å²) in [7, 11) is 1.55. The van der Waals surface area contributed by atoms with E-state index in [1.165, 1.54) is 24.3 Å². The van der Waals surface area contributed by atoms with E-state index in [1.807, 2.05) is 0 Å². The first kappa shape index (κ1) is 13.8. The van der Waals surface area contributed by atoms with Crippen molar-refractivity contribution in [2.45, 2.75) is 12.8 Å². The average molecular weight is 241 g/mol. The molecule has 1 aromatic carbocycles. The first-order valence-corrected chi connectivity index (χ1v) is 5.51. The molecule has 0 fully saturated rings. The number of halogens is 2. The van der Waals surface area contributed by atoms with Gasteiger partial charge in [0.2, 0.25) is 0 Å². The van der Waals surface area contributed by atoms with Crippen molar-refractivity contribution in [3.8, 4) is 0 Å². The highest BCUT2D eigenvalue weighted by Crippen LogP contribution is 2.18. The molecular formula is C13H17F2NO. The van der Waals surface area contributed by atoms with E-state index in [0.717, 1.165) is 12.0 Å². The van der Waals surface area contributed by atoms with Gasteiger partial charge in [0.15, 0.2) is 0 Å². The van der Waals surface area contributed by atoms with Crippen molar-refractivity contribution < 1.29 is 13.5 Å². The van der Waals surface area contributed by atoms with Crippen LogP contribution in [0.3, 0.4) is 0 Å². The maximum atomic E-state index is 13.4. The van der Waals surface area contributed by atoms with Crippen LogP contribution in [0.1, 0.15) is 18.4 Å². The van der Waals surface area contributed by atoms with Crippen molar-refractivity contribution in [3.05, 3.63) is 41.0 Å². The highest BCUT2D eigenvalue weighted by atomic mass is 19.1. The van der Waals surface area contributed by atoms with Gasteiger partial charge in [0.05, 0.1) is 6.61 Å². The lowest BCUT2D eigenvalue weighted by molar-refractivity contribution is 0.223. The summed E-state index contributed by atoms with van der Waals surface area (Å²) in [5.74, 6) is -1.13. The van der Waals surface area contributed by atoms with Crippen LogP contribution in [-0.2, 0) is 4.74 Å². The molecule has 0 saturated heterocycles. The first-order chi connectivity index (χ1) is 8.19. The van der Waals surface area contributed by atoms with Gasteiger partial charge in [-0.05, 0) is 43.2 Å². The molecule has 17 heavy (non-hydrogen) atoms. The first-order valence-electron chi connectivity index (χ1n) is 5.51. The monoisotopic (exact) mass is 241 g/mol. The van der Waals surface area contributed by atoms with Crippen LogP contribution in [0.4, 0.5) is 8.78 Å². The highest BCUT2D eigenvalue weighted by molar-refractivity contribution is 5.54. The zero-order chi connectivity index (χ0) is 12.7. The molecule has 0 bridgehead atoms. The fourth-order valence-corrected chi connectivity index (χ4v) is 1.55. The molecule has 2 nitrogen and oxygen atoms in total. The molecule has 0 heterocycles. The fraction of sp³-hybridized carbons (Fsp3) is 0.385. The minimum atomic E-state index is -0.564. The summed E-state index contributed by atoms with van der Waals surface area (Å²) >= 11 is 0. The minimum Gasteiger partial charge on any atom is -0.380 e. The summed E-state index contributed by atoms with van der Waals surface area (Å²) in [4.78, 5) is 0. The van der Waals surface area contributed by atoms with E-state index >= 15 is 0 Å². The normalized spacial score (nSPS) is 11.9. The molecule has 0 radical (unpaired) electrons. The van der Waals surface area contributed by atoms with Crippen LogP contribution >= 0.6 is 0 Å². The molecule has 2 N–H and O–H groups in total. The van der Waals surface area contributed by atoms with Crippen LogP contribution in [0.5, 0.6) is 0 Å². The Labute approximate surface area is 100 Å². The van der Waals surface area contributed by atoms with E-state index in [1.54, 1.807) is 7.11 Å². The van der Waals surface area contributed by atoms with E-state index < -0.39 is 11.6 Å². The fourth-order valence-electron chi connectivity index (χ4n) is 1.55. The zero-order valence-corrected chi connectivity index (χ0v) is 9.88. The van der Waals surface area contributed by atoms with Crippen LogP contribution in [-0.4, -0.2) is 20.3 Å². The van der Waals surface area contributed by atoms with E-state index in [-0.39, 0.29) is 5.56 Å². The van der Waals surface area contributed by atoms with Gasteiger partial charge in [-0.2, -0.15) is 0 Å². The lowest BCUT2D eigenvalue weighted by Crippen LogP contribution is -2.02. The Morgan fingerprint density at radius 2 is 2.00 bits per heavy atom. The quantitative estimate of drug-likeness (QED) is 0.831. The van der Waals surface area contributed by atoms with Crippen LogP contribution < -0.4 is 5.73 Å². The SMILES string of the molecule is COC/C(=C/c1c(F)cccc1F)CCCN. The largest absolute Gasteiger partial charge is 0.380 e. The summed E-state index contributed by atoms with van der Waals surface area (Å²) < 4.78 is 31.8. The molecule has 0 spiro atoms. The van der Waals surface area contributed by atoms with E-state index in [0.29, 0.717) is 19.6 Å². The Bertz CT molecular complexity index is 371. The third-order valence-electron chi connectivity index (χ3n) is 2.38. The molecule has 0 aliphatic rings. The van der Waals surface area contributed by atoms with Crippen molar-refractivity contribution in [3.63, 3.8) is 0 Å². The van der Waals surface area contributed by atoms with Gasteiger partial charge in [0.25, 0.3) is 0 Å². The molecule has 0 amide bonds. The van der Waals surface area contributed by atoms with Gasteiger partial charge in [-0.3, -0.25) is 0 Å². The van der Waals surface area contributed by atoms with Gasteiger partial charge in [0.1, 0.15) is 11.6 Å². The molecule has 4 heteroatoms. The Morgan fingerprint density at radius 1 is 1.35 bits per heavy atom. The molecule has 0 saturated carbocycles. The second-order valence-corrected chi connectivity index (χ2v) is 3.76. The molecule has 0 aromatic heterocycles. The van der Waals surface area contributed by atoms with Crippen molar-refractivity contribution >= 4 is 6.08 Å². The standard InChI is InChI=1S/C13H17F2NO/c1-17-9-10(4-3-7-16)8-11-12(14)5-2-6-13(11)15/h2,5-6,8H,3-4,7,9,16H2,1H3/b10-8+. The van der Waals surface area contributed by atoms with Gasteiger partial charge in [-0.25, -0.2) is 8.78 Å². The van der Waals surface area contributed by atoms with Gasteiger partial charge >= 0.3 is 0 Å². The Balaban J connectivity index is 2.94. The summed E-state index contributed by atoms with van der Waals surface area (Å²) in [5, 5.41) is 0. The molecule has 0 aliphatic heterocycles. The van der Waals surface area contributed by atoms with Gasteiger partial charge in [-0.1, -0.05) is 6.07 Å². The Hall–Kier alpha value is -1.26. The number of nitrogens with two attached hydrogens (primary N) is 1. The van der Waals surface area contributed by atoms with Crippen molar-refractivity contribution in [1.29, 1.82) is 0 Å². The number of ether oxygens (including phenoxy) is 1. The number of hydrogen-bond acceptors (Lipinski definition) is 2. The summed E-state index contributed by atoms with van der Waals surface area (Å²) in [6.07, 6.45) is 2.95. The maximum absolute atomic E-state index is 13.4. The smallest absolute Gasteiger partial charge is 0.133 e. The lowest BCUT2D eigenvalue weighted by atomic mass is 10.1. The summed E-state index contributed by atoms with van der Waals surface area (Å²) in [5.41, 5.74) is 6.23. The predicted molar refractivity (Wildman–Crippen MR) is 64.5 cm³/mol. The number of benzene rings is 1. The predicted octanol–water partition coefficient (Wildman–Crippen LogP) is 2.73. The molecule has 1 rings (SSSR count). The third-order valence-corrected chi connectivity index (χ3v) is 2.38. The van der Waals surface area contributed by atoms with Crippen molar-refractivity contribution in [2.24, 2.45) is 5.73 Å². The third kappa shape index (κ3) is 4.24. The number of methoxy groups -OCH3 is 1. The minimum absolute atomic E-state index is 0.0171.